The van der Waals surface area contributed by atoms with Crippen LogP contribution in [0.1, 0.15) is 5.56 Å². The fraction of sp³-hybridized carbons (Fsp3) is 0.467. The van der Waals surface area contributed by atoms with Crippen LogP contribution in [-0.4, -0.2) is 48.1 Å². The van der Waals surface area contributed by atoms with Crippen molar-refractivity contribution < 1.29 is 27.5 Å². The number of likely N-dealkylation sites (tertiary alicyclic amines) is 2. The highest BCUT2D eigenvalue weighted by Gasteiger charge is 2.50. The summed E-state index contributed by atoms with van der Waals surface area (Å²) in [4.78, 5) is 26.9. The van der Waals surface area contributed by atoms with E-state index in [0.29, 0.717) is 18.7 Å². The molecule has 0 N–H and O–H groups in total. The Morgan fingerprint density at radius 3 is 2.26 bits per heavy atom. The van der Waals surface area contributed by atoms with Crippen molar-refractivity contribution in [1.82, 2.24) is 9.80 Å². The second kappa shape index (κ2) is 5.52. The molecule has 0 unspecified atom stereocenters. The van der Waals surface area contributed by atoms with Crippen molar-refractivity contribution in [3.05, 3.63) is 29.8 Å². The van der Waals surface area contributed by atoms with Crippen molar-refractivity contribution >= 4 is 11.8 Å². The highest BCUT2D eigenvalue weighted by molar-refractivity contribution is 6.05. The van der Waals surface area contributed by atoms with E-state index in [-0.39, 0.29) is 24.1 Å². The normalized spacial score (nSPS) is 25.1. The van der Waals surface area contributed by atoms with Crippen LogP contribution in [0, 0.1) is 11.8 Å². The van der Waals surface area contributed by atoms with Gasteiger partial charge >= 0.3 is 6.36 Å². The molecule has 2 heterocycles. The Labute approximate surface area is 130 Å². The molecule has 23 heavy (non-hydrogen) atoms. The molecule has 0 saturated carbocycles. The Kier molecular flexibility index (Phi) is 3.79. The molecule has 5 nitrogen and oxygen atoms in total. The number of hydrogen-bond acceptors (Lipinski definition) is 4. The SMILES string of the molecule is CN1C(=O)[C@H]2CN(Cc3ccccc3OC(F)(F)F)C[C@H]2C1=O. The molecule has 2 amide bonds. The van der Waals surface area contributed by atoms with Crippen LogP contribution in [0.25, 0.3) is 0 Å². The number of nitrogens with zero attached hydrogens (tertiary/aromatic N) is 2. The molecule has 0 aromatic heterocycles. The predicted molar refractivity (Wildman–Crippen MR) is 73.2 cm³/mol. The van der Waals surface area contributed by atoms with Crippen molar-refractivity contribution in [3.8, 4) is 5.75 Å². The quantitative estimate of drug-likeness (QED) is 0.792. The summed E-state index contributed by atoms with van der Waals surface area (Å²) in [6.07, 6.45) is -4.76. The van der Waals surface area contributed by atoms with Gasteiger partial charge in [-0.2, -0.15) is 0 Å². The van der Waals surface area contributed by atoms with Gasteiger partial charge < -0.3 is 4.74 Å². The predicted octanol–water partition coefficient (Wildman–Crippen LogP) is 1.63. The van der Waals surface area contributed by atoms with Gasteiger partial charge in [-0.15, -0.1) is 13.2 Å². The van der Waals surface area contributed by atoms with E-state index in [1.54, 1.807) is 12.1 Å². The number of carbonyl (C=O) groups is 2. The van der Waals surface area contributed by atoms with Gasteiger partial charge in [0.05, 0.1) is 11.8 Å². The molecule has 2 aliphatic rings. The first-order chi connectivity index (χ1) is 10.8. The molecule has 8 heteroatoms. The lowest BCUT2D eigenvalue weighted by Crippen LogP contribution is -2.33. The van der Waals surface area contributed by atoms with Crippen LogP contribution < -0.4 is 4.74 Å². The lowest BCUT2D eigenvalue weighted by Gasteiger charge is -2.20. The minimum Gasteiger partial charge on any atom is -0.405 e. The van der Waals surface area contributed by atoms with Gasteiger partial charge in [0.1, 0.15) is 5.75 Å². The highest BCUT2D eigenvalue weighted by Crippen LogP contribution is 2.34. The van der Waals surface area contributed by atoms with Gasteiger partial charge in [-0.25, -0.2) is 0 Å². The number of halogens is 3. The summed E-state index contributed by atoms with van der Waals surface area (Å²) in [5.41, 5.74) is 0.373. The standard InChI is InChI=1S/C15H15F3N2O3/c1-19-13(21)10-7-20(8-11(10)14(19)22)6-9-4-2-3-5-12(9)23-15(16,17)18/h2-5,10-11H,6-8H2,1H3/t10-,11+. The number of amides is 2. The van der Waals surface area contributed by atoms with Gasteiger partial charge in [-0.3, -0.25) is 19.4 Å². The zero-order chi connectivity index (χ0) is 16.8. The Morgan fingerprint density at radius 1 is 1.13 bits per heavy atom. The van der Waals surface area contributed by atoms with E-state index in [1.807, 2.05) is 4.90 Å². The van der Waals surface area contributed by atoms with E-state index in [0.717, 1.165) is 4.90 Å². The second-order valence-electron chi connectivity index (χ2n) is 5.80. The summed E-state index contributed by atoms with van der Waals surface area (Å²) in [5, 5.41) is 0. The largest absolute Gasteiger partial charge is 0.573 e. The molecule has 0 aliphatic carbocycles. The van der Waals surface area contributed by atoms with E-state index < -0.39 is 18.2 Å². The maximum atomic E-state index is 12.4. The third kappa shape index (κ3) is 3.03. The van der Waals surface area contributed by atoms with Crippen molar-refractivity contribution in [2.24, 2.45) is 11.8 Å². The van der Waals surface area contributed by atoms with Gasteiger partial charge in [0.2, 0.25) is 11.8 Å². The van der Waals surface area contributed by atoms with E-state index in [4.69, 9.17) is 0 Å². The molecule has 124 valence electrons. The van der Waals surface area contributed by atoms with Crippen molar-refractivity contribution in [3.63, 3.8) is 0 Å². The lowest BCUT2D eigenvalue weighted by molar-refractivity contribution is -0.275. The number of alkyl halides is 3. The summed E-state index contributed by atoms with van der Waals surface area (Å²) in [5.74, 6) is -1.50. The molecule has 2 atom stereocenters. The topological polar surface area (TPSA) is 49.9 Å². The molecule has 3 rings (SSSR count). The van der Waals surface area contributed by atoms with Crippen molar-refractivity contribution in [2.45, 2.75) is 12.9 Å². The maximum absolute atomic E-state index is 12.4. The first-order valence-electron chi connectivity index (χ1n) is 7.13. The third-order valence-electron chi connectivity index (χ3n) is 4.28. The third-order valence-corrected chi connectivity index (χ3v) is 4.28. The van der Waals surface area contributed by atoms with Crippen LogP contribution in [-0.2, 0) is 16.1 Å². The van der Waals surface area contributed by atoms with Crippen LogP contribution in [0.5, 0.6) is 5.75 Å². The monoisotopic (exact) mass is 328 g/mol. The summed E-state index contributed by atoms with van der Waals surface area (Å²) in [6.45, 7) is 0.920. The van der Waals surface area contributed by atoms with Crippen molar-refractivity contribution in [2.75, 3.05) is 20.1 Å². The molecule has 0 spiro atoms. The smallest absolute Gasteiger partial charge is 0.405 e. The Balaban J connectivity index is 1.73. The van der Waals surface area contributed by atoms with E-state index in [2.05, 4.69) is 4.74 Å². The molecule has 0 radical (unpaired) electrons. The zero-order valence-electron chi connectivity index (χ0n) is 12.3. The molecule has 2 saturated heterocycles. The number of rotatable bonds is 3. The summed E-state index contributed by atoms with van der Waals surface area (Å²) >= 11 is 0. The molecular formula is C15H15F3N2O3. The van der Waals surface area contributed by atoms with Gasteiger partial charge in [0.25, 0.3) is 0 Å². The van der Waals surface area contributed by atoms with Crippen LogP contribution >= 0.6 is 0 Å². The Bertz CT molecular complexity index is 623. The van der Waals surface area contributed by atoms with Crippen LogP contribution in [0.4, 0.5) is 13.2 Å². The molecule has 0 bridgehead atoms. The number of carbonyl (C=O) groups excluding carboxylic acids is 2. The summed E-state index contributed by atoms with van der Waals surface area (Å²) in [7, 11) is 1.46. The minimum absolute atomic E-state index is 0.198. The fourth-order valence-corrected chi connectivity index (χ4v) is 3.22. The zero-order valence-corrected chi connectivity index (χ0v) is 12.3. The van der Waals surface area contributed by atoms with E-state index in [9.17, 15) is 22.8 Å². The molecular weight excluding hydrogens is 313 g/mol. The van der Waals surface area contributed by atoms with E-state index in [1.165, 1.54) is 19.2 Å². The lowest BCUT2D eigenvalue weighted by atomic mass is 10.00. The van der Waals surface area contributed by atoms with Gasteiger partial charge in [-0.05, 0) is 6.07 Å². The average Bonchev–Trinajstić information content (AvgIpc) is 2.96. The Morgan fingerprint density at radius 2 is 1.70 bits per heavy atom. The first kappa shape index (κ1) is 15.8. The number of fused-ring (bicyclic) bond motifs is 1. The second-order valence-corrected chi connectivity index (χ2v) is 5.80. The maximum Gasteiger partial charge on any atom is 0.573 e. The van der Waals surface area contributed by atoms with Crippen molar-refractivity contribution in [1.29, 1.82) is 0 Å². The van der Waals surface area contributed by atoms with Crippen LogP contribution in [0.2, 0.25) is 0 Å². The number of imide groups is 1. The molecule has 1 aromatic rings. The first-order valence-corrected chi connectivity index (χ1v) is 7.13. The van der Waals surface area contributed by atoms with E-state index >= 15 is 0 Å². The van der Waals surface area contributed by atoms with Crippen LogP contribution in [0.15, 0.2) is 24.3 Å². The fourth-order valence-electron chi connectivity index (χ4n) is 3.22. The molecule has 2 aliphatic heterocycles. The minimum atomic E-state index is -4.76. The molecule has 2 fully saturated rings. The number of para-hydroxylation sites is 1. The van der Waals surface area contributed by atoms with Gasteiger partial charge in [0, 0.05) is 32.2 Å². The number of hydrogen-bond donors (Lipinski definition) is 0. The summed E-state index contributed by atoms with van der Waals surface area (Å²) < 4.78 is 41.3. The highest BCUT2D eigenvalue weighted by atomic mass is 19.4. The van der Waals surface area contributed by atoms with Crippen LogP contribution in [0.3, 0.4) is 0 Å². The summed E-state index contributed by atoms with van der Waals surface area (Å²) in [6, 6.07) is 5.89. The number of ether oxygens (including phenoxy) is 1. The van der Waals surface area contributed by atoms with Gasteiger partial charge in [-0.1, -0.05) is 18.2 Å². The Hall–Kier alpha value is -2.09. The average molecular weight is 328 g/mol. The number of benzene rings is 1. The molecule has 1 aromatic carbocycles. The van der Waals surface area contributed by atoms with Gasteiger partial charge in [0.15, 0.2) is 0 Å².